The van der Waals surface area contributed by atoms with E-state index in [1.54, 1.807) is 0 Å². The van der Waals surface area contributed by atoms with Crippen molar-refractivity contribution in [1.82, 2.24) is 10.3 Å². The van der Waals surface area contributed by atoms with Crippen molar-refractivity contribution in [2.45, 2.75) is 19.5 Å². The summed E-state index contributed by atoms with van der Waals surface area (Å²) in [6.45, 7) is 2.87. The predicted octanol–water partition coefficient (Wildman–Crippen LogP) is 0.978. The van der Waals surface area contributed by atoms with E-state index in [0.29, 0.717) is 6.54 Å². The van der Waals surface area contributed by atoms with E-state index in [4.69, 9.17) is 10.8 Å². The molecule has 1 aromatic carbocycles. The molecule has 0 aliphatic heterocycles. The number of carbonyl (C=O) groups is 1. The lowest BCUT2D eigenvalue weighted by molar-refractivity contribution is -0.138. The zero-order valence-electron chi connectivity index (χ0n) is 10.2. The molecule has 2 rings (SSSR count). The summed E-state index contributed by atoms with van der Waals surface area (Å²) < 4.78 is 0. The van der Waals surface area contributed by atoms with Crippen LogP contribution in [0.1, 0.15) is 11.3 Å². The highest BCUT2D eigenvalue weighted by Crippen LogP contribution is 2.21. The van der Waals surface area contributed by atoms with Crippen molar-refractivity contribution in [3.8, 4) is 0 Å². The van der Waals surface area contributed by atoms with Crippen LogP contribution in [0.3, 0.4) is 0 Å². The van der Waals surface area contributed by atoms with E-state index in [1.165, 1.54) is 0 Å². The summed E-state index contributed by atoms with van der Waals surface area (Å²) in [5, 5.41) is 12.9. The van der Waals surface area contributed by atoms with Gasteiger partial charge < -0.3 is 21.1 Å². The maximum Gasteiger partial charge on any atom is 0.321 e. The van der Waals surface area contributed by atoms with Crippen LogP contribution in [0.15, 0.2) is 24.3 Å². The van der Waals surface area contributed by atoms with Gasteiger partial charge in [0, 0.05) is 29.7 Å². The van der Waals surface area contributed by atoms with Crippen molar-refractivity contribution in [2.24, 2.45) is 5.73 Å². The molecular weight excluding hydrogens is 230 g/mol. The largest absolute Gasteiger partial charge is 0.480 e. The Bertz CT molecular complexity index is 562. The van der Waals surface area contributed by atoms with E-state index in [2.05, 4.69) is 10.3 Å². The Hall–Kier alpha value is -1.85. The number of aliphatic carboxylic acids is 1. The van der Waals surface area contributed by atoms with Crippen LogP contribution in [0.25, 0.3) is 10.9 Å². The topological polar surface area (TPSA) is 91.1 Å². The fourth-order valence-electron chi connectivity index (χ4n) is 2.00. The number of aromatic nitrogens is 1. The van der Waals surface area contributed by atoms with Crippen molar-refractivity contribution < 1.29 is 9.90 Å². The van der Waals surface area contributed by atoms with E-state index < -0.39 is 12.0 Å². The van der Waals surface area contributed by atoms with Crippen LogP contribution >= 0.6 is 0 Å². The summed E-state index contributed by atoms with van der Waals surface area (Å²) in [6.07, 6.45) is 0. The first kappa shape index (κ1) is 12.6. The molecule has 96 valence electrons. The molecule has 0 aliphatic rings. The van der Waals surface area contributed by atoms with Gasteiger partial charge in [0.1, 0.15) is 6.04 Å². The molecule has 1 atom stereocenters. The molecule has 0 saturated heterocycles. The van der Waals surface area contributed by atoms with E-state index in [1.807, 2.05) is 31.2 Å². The Labute approximate surface area is 105 Å². The van der Waals surface area contributed by atoms with E-state index in [0.717, 1.165) is 22.2 Å². The number of rotatable bonds is 5. The minimum absolute atomic E-state index is 0.258. The van der Waals surface area contributed by atoms with Gasteiger partial charge in [0.15, 0.2) is 0 Å². The highest BCUT2D eigenvalue weighted by Gasteiger charge is 2.12. The molecule has 0 aliphatic carbocycles. The monoisotopic (exact) mass is 247 g/mol. The lowest BCUT2D eigenvalue weighted by Crippen LogP contribution is -2.40. The van der Waals surface area contributed by atoms with Crippen LogP contribution < -0.4 is 11.1 Å². The predicted molar refractivity (Wildman–Crippen MR) is 70.4 cm³/mol. The second-order valence-corrected chi connectivity index (χ2v) is 4.35. The van der Waals surface area contributed by atoms with Crippen molar-refractivity contribution in [3.05, 3.63) is 35.5 Å². The van der Waals surface area contributed by atoms with Gasteiger partial charge in [-0.3, -0.25) is 4.79 Å². The minimum Gasteiger partial charge on any atom is -0.480 e. The molecule has 18 heavy (non-hydrogen) atoms. The first-order valence-corrected chi connectivity index (χ1v) is 5.85. The molecule has 0 fully saturated rings. The number of hydrogen-bond acceptors (Lipinski definition) is 3. The summed E-state index contributed by atoms with van der Waals surface area (Å²) in [4.78, 5) is 13.9. The number of carboxylic acids is 1. The Balaban J connectivity index is 2.08. The summed E-state index contributed by atoms with van der Waals surface area (Å²) in [5.41, 5.74) is 8.77. The van der Waals surface area contributed by atoms with Gasteiger partial charge in [-0.1, -0.05) is 18.2 Å². The first-order valence-electron chi connectivity index (χ1n) is 5.85. The molecule has 0 saturated carbocycles. The van der Waals surface area contributed by atoms with Gasteiger partial charge in [0.05, 0.1) is 0 Å². The molecule has 1 heterocycles. The molecule has 1 unspecified atom stereocenters. The van der Waals surface area contributed by atoms with Crippen molar-refractivity contribution in [2.75, 3.05) is 6.54 Å². The standard InChI is InChI=1S/C13H17N3O2/c1-8-10(6-15-7-11(14)13(17)18)9-4-2-3-5-12(9)16-8/h2-5,11,15-16H,6-7,14H2,1H3,(H,17,18). The molecular formula is C13H17N3O2. The average Bonchev–Trinajstić information content (AvgIpc) is 2.65. The highest BCUT2D eigenvalue weighted by atomic mass is 16.4. The Morgan fingerprint density at radius 2 is 2.22 bits per heavy atom. The number of H-pyrrole nitrogens is 1. The van der Waals surface area contributed by atoms with Crippen LogP contribution in [0, 0.1) is 6.92 Å². The van der Waals surface area contributed by atoms with Gasteiger partial charge in [-0.05, 0) is 18.6 Å². The number of aryl methyl sites for hydroxylation is 1. The second kappa shape index (κ2) is 5.20. The quantitative estimate of drug-likeness (QED) is 0.634. The van der Waals surface area contributed by atoms with Crippen molar-refractivity contribution in [1.29, 1.82) is 0 Å². The molecule has 0 spiro atoms. The second-order valence-electron chi connectivity index (χ2n) is 4.35. The SMILES string of the molecule is Cc1[nH]c2ccccc2c1CNCC(N)C(=O)O. The van der Waals surface area contributed by atoms with Gasteiger partial charge in [0.25, 0.3) is 0 Å². The zero-order chi connectivity index (χ0) is 13.1. The van der Waals surface area contributed by atoms with E-state index in [-0.39, 0.29) is 6.54 Å². The van der Waals surface area contributed by atoms with Gasteiger partial charge in [0.2, 0.25) is 0 Å². The molecule has 0 amide bonds. The van der Waals surface area contributed by atoms with Gasteiger partial charge in [-0.25, -0.2) is 0 Å². The maximum atomic E-state index is 10.6. The highest BCUT2D eigenvalue weighted by molar-refractivity contribution is 5.84. The van der Waals surface area contributed by atoms with Crippen molar-refractivity contribution >= 4 is 16.9 Å². The van der Waals surface area contributed by atoms with Crippen molar-refractivity contribution in [3.63, 3.8) is 0 Å². The van der Waals surface area contributed by atoms with Gasteiger partial charge in [-0.15, -0.1) is 0 Å². The van der Waals surface area contributed by atoms with Crippen LogP contribution in [-0.4, -0.2) is 28.6 Å². The lowest BCUT2D eigenvalue weighted by atomic mass is 10.1. The third-order valence-electron chi connectivity index (χ3n) is 3.01. The number of para-hydroxylation sites is 1. The minimum atomic E-state index is -0.988. The van der Waals surface area contributed by atoms with E-state index in [9.17, 15) is 4.79 Å². The number of hydrogen-bond donors (Lipinski definition) is 4. The summed E-state index contributed by atoms with van der Waals surface area (Å²) in [7, 11) is 0. The maximum absolute atomic E-state index is 10.6. The number of aromatic amines is 1. The molecule has 5 nitrogen and oxygen atoms in total. The number of benzene rings is 1. The summed E-state index contributed by atoms with van der Waals surface area (Å²) >= 11 is 0. The number of carboxylic acid groups (broad SMARTS) is 1. The zero-order valence-corrected chi connectivity index (χ0v) is 10.2. The molecule has 5 N–H and O–H groups in total. The van der Waals surface area contributed by atoms with Crippen LogP contribution in [-0.2, 0) is 11.3 Å². The first-order chi connectivity index (χ1) is 8.59. The Morgan fingerprint density at radius 1 is 1.50 bits per heavy atom. The summed E-state index contributed by atoms with van der Waals surface area (Å²) in [5.74, 6) is -0.988. The van der Waals surface area contributed by atoms with Crippen LogP contribution in [0.5, 0.6) is 0 Å². The molecule has 2 aromatic rings. The molecule has 0 radical (unpaired) electrons. The third kappa shape index (κ3) is 2.52. The van der Waals surface area contributed by atoms with Gasteiger partial charge >= 0.3 is 5.97 Å². The molecule has 1 aromatic heterocycles. The van der Waals surface area contributed by atoms with Gasteiger partial charge in [-0.2, -0.15) is 0 Å². The average molecular weight is 247 g/mol. The number of fused-ring (bicyclic) bond motifs is 1. The smallest absolute Gasteiger partial charge is 0.321 e. The fraction of sp³-hybridized carbons (Fsp3) is 0.308. The third-order valence-corrected chi connectivity index (χ3v) is 3.01. The van der Waals surface area contributed by atoms with Crippen LogP contribution in [0.4, 0.5) is 0 Å². The number of nitrogens with two attached hydrogens (primary N) is 1. The number of nitrogens with one attached hydrogen (secondary N) is 2. The Kier molecular flexibility index (Phi) is 3.64. The normalized spacial score (nSPS) is 12.8. The summed E-state index contributed by atoms with van der Waals surface area (Å²) in [6, 6.07) is 7.18. The lowest BCUT2D eigenvalue weighted by Gasteiger charge is -2.08. The Morgan fingerprint density at radius 3 is 2.94 bits per heavy atom. The molecule has 5 heteroatoms. The van der Waals surface area contributed by atoms with E-state index >= 15 is 0 Å². The van der Waals surface area contributed by atoms with Crippen LogP contribution in [0.2, 0.25) is 0 Å². The fourth-order valence-corrected chi connectivity index (χ4v) is 2.00. The molecule has 0 bridgehead atoms.